The van der Waals surface area contributed by atoms with Crippen LogP contribution in [-0.2, 0) is 15.5 Å². The lowest BCUT2D eigenvalue weighted by molar-refractivity contribution is 0.361. The first-order valence-electron chi connectivity index (χ1n) is 1.07. The summed E-state index contributed by atoms with van der Waals surface area (Å²) in [6.07, 6.45) is 0. The van der Waals surface area contributed by atoms with Gasteiger partial charge in [0.15, 0.2) is 0 Å². The molecule has 0 amide bonds. The smallest absolute Gasteiger partial charge is 0.284 e. The zero-order valence-corrected chi connectivity index (χ0v) is 4.33. The van der Waals surface area contributed by atoms with Crippen LogP contribution < -0.4 is 0 Å². The highest BCUT2D eigenvalue weighted by atomic mass is 35.5. The van der Waals surface area contributed by atoms with E-state index in [9.17, 15) is 4.21 Å². The lowest BCUT2D eigenvalue weighted by atomic mass is 11.7. The van der Waals surface area contributed by atoms with Crippen LogP contribution in [-0.4, -0.2) is 14.8 Å². The van der Waals surface area contributed by atoms with Gasteiger partial charge in [0.05, 0.1) is 0 Å². The van der Waals surface area contributed by atoms with E-state index in [0.717, 1.165) is 0 Å². The van der Waals surface area contributed by atoms with Gasteiger partial charge in [0.2, 0.25) is 0 Å². The van der Waals surface area contributed by atoms with Crippen molar-refractivity contribution in [3.63, 3.8) is 0 Å². The first-order valence-corrected chi connectivity index (χ1v) is 2.64. The maximum atomic E-state index is 9.40. The van der Waals surface area contributed by atoms with Crippen molar-refractivity contribution < 1.29 is 12.9 Å². The minimum atomic E-state index is -2.20. The monoisotopic (exact) mass is 130 g/mol. The number of alkyl halides is 1. The number of halogens is 1. The quantitative estimate of drug-likeness (QED) is 0.433. The van der Waals surface area contributed by atoms with Crippen molar-refractivity contribution in [3.05, 3.63) is 0 Å². The Hall–Kier alpha value is 0.360. The van der Waals surface area contributed by atoms with Gasteiger partial charge in [0.1, 0.15) is 6.07 Å². The summed E-state index contributed by atoms with van der Waals surface area (Å²) >= 11 is 2.62. The van der Waals surface area contributed by atoms with Crippen molar-refractivity contribution in [2.45, 2.75) is 0 Å². The molecular weight excluding hydrogens is 128 g/mol. The van der Waals surface area contributed by atoms with Crippen LogP contribution in [0.4, 0.5) is 0 Å². The normalized spacial score (nSPS) is 14.3. The Bertz CT molecular complexity index is 54.8. The third-order valence-electron chi connectivity index (χ3n) is 0.145. The molecule has 6 heavy (non-hydrogen) atoms. The Morgan fingerprint density at radius 3 is 2.50 bits per heavy atom. The van der Waals surface area contributed by atoms with Gasteiger partial charge in [-0.05, 0) is 0 Å². The Kier molecular flexibility index (Phi) is 3.76. The summed E-state index contributed by atoms with van der Waals surface area (Å²) in [5.74, 6) is 0. The van der Waals surface area contributed by atoms with E-state index in [2.05, 4.69) is 4.18 Å². The highest BCUT2D eigenvalue weighted by Crippen LogP contribution is 1.79. The molecule has 0 radical (unpaired) electrons. The van der Waals surface area contributed by atoms with Crippen molar-refractivity contribution >= 4 is 23.0 Å². The summed E-state index contributed by atoms with van der Waals surface area (Å²) in [4.78, 5) is 0. The maximum Gasteiger partial charge on any atom is 0.303 e. The van der Waals surface area contributed by atoms with E-state index in [1.165, 1.54) is 0 Å². The Labute approximate surface area is 42.7 Å². The average molecular weight is 131 g/mol. The molecule has 0 aliphatic heterocycles. The van der Waals surface area contributed by atoms with E-state index in [-0.39, 0.29) is 6.07 Å². The molecule has 38 valence electrons. The van der Waals surface area contributed by atoms with Crippen LogP contribution >= 0.6 is 11.6 Å². The van der Waals surface area contributed by atoms with Crippen molar-refractivity contribution in [1.29, 1.82) is 0 Å². The third kappa shape index (κ3) is 4.36. The zero-order chi connectivity index (χ0) is 4.99. The van der Waals surface area contributed by atoms with Gasteiger partial charge in [-0.3, -0.25) is 8.74 Å². The van der Waals surface area contributed by atoms with Crippen LogP contribution in [0, 0.1) is 0 Å². The van der Waals surface area contributed by atoms with E-state index >= 15 is 0 Å². The van der Waals surface area contributed by atoms with Gasteiger partial charge < -0.3 is 0 Å². The van der Waals surface area contributed by atoms with Crippen molar-refractivity contribution in [1.82, 2.24) is 0 Å². The van der Waals surface area contributed by atoms with Gasteiger partial charge in [0, 0.05) is 0 Å². The molecule has 0 rings (SSSR count). The molecule has 3 nitrogen and oxygen atoms in total. The summed E-state index contributed by atoms with van der Waals surface area (Å²) in [7, 11) is 0. The van der Waals surface area contributed by atoms with E-state index in [4.69, 9.17) is 16.2 Å². The minimum absolute atomic E-state index is 0.247. The zero-order valence-electron chi connectivity index (χ0n) is 2.76. The topological polar surface area (TPSA) is 46.5 Å². The second-order valence-electron chi connectivity index (χ2n) is 0.444. The highest BCUT2D eigenvalue weighted by molar-refractivity contribution is 7.74. The van der Waals surface area contributed by atoms with E-state index < -0.39 is 11.4 Å². The molecule has 0 saturated carbocycles. The molecule has 1 atom stereocenters. The van der Waals surface area contributed by atoms with Crippen molar-refractivity contribution in [2.24, 2.45) is 0 Å². The molecule has 0 spiro atoms. The summed E-state index contributed by atoms with van der Waals surface area (Å²) in [6, 6.07) is -0.247. The standard InChI is InChI=1S/CH3ClO3S/c2-1-5-6(3)4/h1H2,(H,3,4). The fourth-order valence-electron chi connectivity index (χ4n) is 0.0381. The van der Waals surface area contributed by atoms with E-state index in [0.29, 0.717) is 0 Å². The van der Waals surface area contributed by atoms with E-state index in [1.54, 1.807) is 0 Å². The largest absolute Gasteiger partial charge is 0.303 e. The van der Waals surface area contributed by atoms with E-state index in [1.807, 2.05) is 0 Å². The van der Waals surface area contributed by atoms with Crippen LogP contribution in [0.1, 0.15) is 0 Å². The summed E-state index contributed by atoms with van der Waals surface area (Å²) < 4.78 is 21.0. The van der Waals surface area contributed by atoms with Gasteiger partial charge in [-0.2, -0.15) is 4.21 Å². The predicted molar refractivity (Wildman–Crippen MR) is 22.6 cm³/mol. The molecule has 0 saturated heterocycles. The average Bonchev–Trinajstić information content (AvgIpc) is 1.35. The highest BCUT2D eigenvalue weighted by Gasteiger charge is 1.83. The first-order chi connectivity index (χ1) is 2.77. The molecule has 0 bridgehead atoms. The van der Waals surface area contributed by atoms with Crippen LogP contribution in [0.5, 0.6) is 0 Å². The molecule has 5 heteroatoms. The summed E-state index contributed by atoms with van der Waals surface area (Å²) in [5, 5.41) is 0. The minimum Gasteiger partial charge on any atom is -0.284 e. The number of hydrogen-bond donors (Lipinski definition) is 1. The second kappa shape index (κ2) is 3.55. The number of hydrogen-bond acceptors (Lipinski definition) is 2. The van der Waals surface area contributed by atoms with Crippen LogP contribution in [0.2, 0.25) is 0 Å². The Morgan fingerprint density at radius 2 is 2.50 bits per heavy atom. The van der Waals surface area contributed by atoms with Crippen LogP contribution in [0.15, 0.2) is 0 Å². The Morgan fingerprint density at radius 1 is 2.00 bits per heavy atom. The van der Waals surface area contributed by atoms with Gasteiger partial charge in [-0.15, -0.1) is 0 Å². The summed E-state index contributed by atoms with van der Waals surface area (Å²) in [6.45, 7) is 0. The van der Waals surface area contributed by atoms with Gasteiger partial charge in [0.25, 0.3) is 0 Å². The van der Waals surface area contributed by atoms with Gasteiger partial charge in [-0.25, -0.2) is 0 Å². The third-order valence-corrected chi connectivity index (χ3v) is 0.703. The predicted octanol–water partition coefficient (Wildman–Crippen LogP) is 0.336. The van der Waals surface area contributed by atoms with Gasteiger partial charge >= 0.3 is 11.4 Å². The molecule has 1 unspecified atom stereocenters. The molecule has 0 aliphatic rings. The van der Waals surface area contributed by atoms with Crippen molar-refractivity contribution in [3.8, 4) is 0 Å². The molecule has 0 aromatic carbocycles. The molecule has 0 aliphatic carbocycles. The van der Waals surface area contributed by atoms with Gasteiger partial charge in [-0.1, -0.05) is 11.6 Å². The first kappa shape index (κ1) is 6.36. The lowest BCUT2D eigenvalue weighted by Gasteiger charge is -1.82. The maximum absolute atomic E-state index is 9.40. The molecule has 0 fully saturated rings. The molecule has 1 N–H and O–H groups in total. The fourth-order valence-corrected chi connectivity index (χ4v) is 0.343. The number of rotatable bonds is 2. The van der Waals surface area contributed by atoms with Crippen LogP contribution in [0.3, 0.4) is 0 Å². The lowest BCUT2D eigenvalue weighted by Crippen LogP contribution is -1.89. The molecule has 0 aromatic rings. The Balaban J connectivity index is 2.83. The fraction of sp³-hybridized carbons (Fsp3) is 1.00. The van der Waals surface area contributed by atoms with Crippen LogP contribution in [0.25, 0.3) is 0 Å². The SMILES string of the molecule is O=S(O)OCCl. The second-order valence-corrected chi connectivity index (χ2v) is 1.33. The molecular formula is CH3ClO3S. The molecule has 0 heterocycles. The van der Waals surface area contributed by atoms with Crippen molar-refractivity contribution in [2.75, 3.05) is 6.07 Å². The molecule has 0 aromatic heterocycles. The summed E-state index contributed by atoms with van der Waals surface area (Å²) in [5.41, 5.74) is 0.